The predicted molar refractivity (Wildman–Crippen MR) is 67.1 cm³/mol. The fraction of sp³-hybridized carbons (Fsp3) is 0.182. The van der Waals surface area contributed by atoms with Crippen molar-refractivity contribution in [3.8, 4) is 11.3 Å². The summed E-state index contributed by atoms with van der Waals surface area (Å²) < 4.78 is 4.26. The van der Waals surface area contributed by atoms with E-state index in [1.807, 2.05) is 18.2 Å². The molecule has 0 atom stereocenters. The van der Waals surface area contributed by atoms with E-state index in [-0.39, 0.29) is 0 Å². The largest absolute Gasteiger partial charge is 0.258 e. The van der Waals surface area contributed by atoms with E-state index >= 15 is 0 Å². The molecule has 0 fully saturated rings. The van der Waals surface area contributed by atoms with E-state index in [0.717, 1.165) is 16.6 Å². The number of nitrogens with one attached hydrogen (secondary N) is 1. The summed E-state index contributed by atoms with van der Waals surface area (Å²) in [5.74, 6) is 0. The third kappa shape index (κ3) is 2.81. The van der Waals surface area contributed by atoms with Gasteiger partial charge in [-0.25, -0.2) is 4.98 Å². The van der Waals surface area contributed by atoms with Crippen molar-refractivity contribution < 1.29 is 0 Å². The fourth-order valence-electron chi connectivity index (χ4n) is 1.18. The quantitative estimate of drug-likeness (QED) is 0.823. The molecule has 2 rings (SSSR count). The smallest absolute Gasteiger partial charge is 0.165 e. The van der Waals surface area contributed by atoms with Crippen LogP contribution in [0.25, 0.3) is 11.3 Å². The molecular weight excluding hydrogens is 224 g/mol. The minimum Gasteiger partial charge on any atom is -0.258 e. The lowest BCUT2D eigenvalue weighted by molar-refractivity contribution is 1.03. The number of rotatable bonds is 4. The SMILES string of the molecule is CCNSc1nc(-c2ccccc2)cs1. The highest BCUT2D eigenvalue weighted by molar-refractivity contribution is 7.99. The Balaban J connectivity index is 2.14. The van der Waals surface area contributed by atoms with Gasteiger partial charge in [0.25, 0.3) is 0 Å². The van der Waals surface area contributed by atoms with E-state index in [9.17, 15) is 0 Å². The number of benzene rings is 1. The van der Waals surface area contributed by atoms with Crippen LogP contribution >= 0.6 is 23.3 Å². The van der Waals surface area contributed by atoms with Crippen LogP contribution in [-0.2, 0) is 0 Å². The van der Waals surface area contributed by atoms with Gasteiger partial charge in [-0.3, -0.25) is 4.72 Å². The molecule has 0 saturated carbocycles. The van der Waals surface area contributed by atoms with Crippen molar-refractivity contribution in [2.75, 3.05) is 6.54 Å². The lowest BCUT2D eigenvalue weighted by atomic mass is 10.2. The van der Waals surface area contributed by atoms with E-state index < -0.39 is 0 Å². The highest BCUT2D eigenvalue weighted by atomic mass is 32.2. The Hall–Kier alpha value is -0.840. The molecule has 0 spiro atoms. The van der Waals surface area contributed by atoms with Gasteiger partial charge >= 0.3 is 0 Å². The summed E-state index contributed by atoms with van der Waals surface area (Å²) in [5.41, 5.74) is 2.23. The summed E-state index contributed by atoms with van der Waals surface area (Å²) in [6, 6.07) is 10.2. The van der Waals surface area contributed by atoms with Crippen LogP contribution in [-0.4, -0.2) is 11.5 Å². The van der Waals surface area contributed by atoms with Crippen LogP contribution in [0.4, 0.5) is 0 Å². The van der Waals surface area contributed by atoms with Crippen LogP contribution in [0.2, 0.25) is 0 Å². The number of hydrogen-bond donors (Lipinski definition) is 1. The second-order valence-electron chi connectivity index (χ2n) is 2.96. The zero-order chi connectivity index (χ0) is 10.5. The molecule has 1 N–H and O–H groups in total. The van der Waals surface area contributed by atoms with Gasteiger partial charge in [0.15, 0.2) is 4.34 Å². The van der Waals surface area contributed by atoms with Gasteiger partial charge in [-0.2, -0.15) is 0 Å². The number of aromatic nitrogens is 1. The molecule has 0 aliphatic carbocycles. The highest BCUT2D eigenvalue weighted by Crippen LogP contribution is 2.26. The Morgan fingerprint density at radius 1 is 1.33 bits per heavy atom. The first-order valence-electron chi connectivity index (χ1n) is 4.81. The van der Waals surface area contributed by atoms with Gasteiger partial charge < -0.3 is 0 Å². The number of hydrogen-bond acceptors (Lipinski definition) is 4. The predicted octanol–water partition coefficient (Wildman–Crippen LogP) is 3.43. The number of thiazole rings is 1. The second-order valence-corrected chi connectivity index (χ2v) is 4.96. The average Bonchev–Trinajstić information content (AvgIpc) is 2.76. The van der Waals surface area contributed by atoms with E-state index in [2.05, 4.69) is 34.1 Å². The molecule has 0 amide bonds. The average molecular weight is 236 g/mol. The van der Waals surface area contributed by atoms with E-state index in [1.165, 1.54) is 5.56 Å². The van der Waals surface area contributed by atoms with E-state index in [4.69, 9.17) is 0 Å². The minimum atomic E-state index is 0.949. The molecule has 1 heterocycles. The van der Waals surface area contributed by atoms with Crippen LogP contribution in [0.5, 0.6) is 0 Å². The van der Waals surface area contributed by atoms with Gasteiger partial charge in [0.2, 0.25) is 0 Å². The van der Waals surface area contributed by atoms with Gasteiger partial charge in [-0.1, -0.05) is 37.3 Å². The van der Waals surface area contributed by atoms with Crippen molar-refractivity contribution in [1.29, 1.82) is 0 Å². The van der Waals surface area contributed by atoms with Crippen LogP contribution in [0.3, 0.4) is 0 Å². The maximum absolute atomic E-state index is 4.54. The van der Waals surface area contributed by atoms with Crippen molar-refractivity contribution in [3.63, 3.8) is 0 Å². The van der Waals surface area contributed by atoms with Crippen LogP contribution < -0.4 is 4.72 Å². The van der Waals surface area contributed by atoms with Gasteiger partial charge in [-0.05, 0) is 11.9 Å². The molecule has 1 aromatic heterocycles. The van der Waals surface area contributed by atoms with E-state index in [0.29, 0.717) is 0 Å². The molecule has 0 aliphatic rings. The molecule has 0 radical (unpaired) electrons. The molecule has 1 aromatic carbocycles. The second kappa shape index (κ2) is 5.30. The van der Waals surface area contributed by atoms with E-state index in [1.54, 1.807) is 23.3 Å². The minimum absolute atomic E-state index is 0.949. The first-order chi connectivity index (χ1) is 7.40. The van der Waals surface area contributed by atoms with Gasteiger partial charge in [0, 0.05) is 17.5 Å². The Bertz CT molecular complexity index is 412. The van der Waals surface area contributed by atoms with Crippen LogP contribution in [0.1, 0.15) is 6.92 Å². The molecule has 0 aliphatic heterocycles. The lowest BCUT2D eigenvalue weighted by Crippen LogP contribution is -1.99. The topological polar surface area (TPSA) is 24.9 Å². The molecule has 0 bridgehead atoms. The zero-order valence-electron chi connectivity index (χ0n) is 8.43. The maximum atomic E-state index is 4.54. The fourth-order valence-corrected chi connectivity index (χ4v) is 2.66. The molecule has 0 saturated heterocycles. The molecule has 0 unspecified atom stereocenters. The molecular formula is C11H12N2S2. The normalized spacial score (nSPS) is 10.5. The summed E-state index contributed by atoms with van der Waals surface area (Å²) in [4.78, 5) is 4.54. The van der Waals surface area contributed by atoms with Gasteiger partial charge in [0.05, 0.1) is 5.69 Å². The molecule has 2 aromatic rings. The molecule has 15 heavy (non-hydrogen) atoms. The Kier molecular flexibility index (Phi) is 3.77. The third-order valence-corrected chi connectivity index (χ3v) is 3.73. The summed E-state index contributed by atoms with van der Waals surface area (Å²) in [7, 11) is 0. The molecule has 4 heteroatoms. The van der Waals surface area contributed by atoms with Crippen molar-refractivity contribution in [1.82, 2.24) is 9.71 Å². The van der Waals surface area contributed by atoms with Crippen molar-refractivity contribution in [2.24, 2.45) is 0 Å². The Morgan fingerprint density at radius 2 is 2.13 bits per heavy atom. The van der Waals surface area contributed by atoms with Gasteiger partial charge in [-0.15, -0.1) is 11.3 Å². The standard InChI is InChI=1S/C11H12N2S2/c1-2-12-15-11-13-10(8-14-11)9-6-4-3-5-7-9/h3-8,12H,2H2,1H3. The summed E-state index contributed by atoms with van der Waals surface area (Å²) in [5, 5.41) is 2.09. The first kappa shape index (κ1) is 10.7. The third-order valence-electron chi connectivity index (χ3n) is 1.86. The molecule has 78 valence electrons. The first-order valence-corrected chi connectivity index (χ1v) is 6.50. The Morgan fingerprint density at radius 3 is 2.87 bits per heavy atom. The summed E-state index contributed by atoms with van der Waals surface area (Å²) in [6.45, 7) is 3.03. The highest BCUT2D eigenvalue weighted by Gasteiger charge is 2.03. The zero-order valence-corrected chi connectivity index (χ0v) is 10.1. The maximum Gasteiger partial charge on any atom is 0.165 e. The van der Waals surface area contributed by atoms with Crippen molar-refractivity contribution in [2.45, 2.75) is 11.3 Å². The molecule has 2 nitrogen and oxygen atoms in total. The Labute approximate surface area is 97.9 Å². The monoisotopic (exact) mass is 236 g/mol. The number of nitrogens with zero attached hydrogens (tertiary/aromatic N) is 1. The van der Waals surface area contributed by atoms with Crippen LogP contribution in [0.15, 0.2) is 40.1 Å². The van der Waals surface area contributed by atoms with Crippen molar-refractivity contribution in [3.05, 3.63) is 35.7 Å². The lowest BCUT2D eigenvalue weighted by Gasteiger charge is -1.95. The van der Waals surface area contributed by atoms with Crippen LogP contribution in [0, 0.1) is 0 Å². The summed E-state index contributed by atoms with van der Waals surface area (Å²) >= 11 is 3.27. The van der Waals surface area contributed by atoms with Crippen molar-refractivity contribution >= 4 is 23.3 Å². The van der Waals surface area contributed by atoms with Gasteiger partial charge in [0.1, 0.15) is 0 Å². The summed E-state index contributed by atoms with van der Waals surface area (Å²) in [6.07, 6.45) is 0.